The zero-order valence-corrected chi connectivity index (χ0v) is 16.7. The fourth-order valence-corrected chi connectivity index (χ4v) is 2.86. The largest absolute Gasteiger partial charge is 0.396 e. The van der Waals surface area contributed by atoms with E-state index in [1.807, 2.05) is 37.3 Å². The molecule has 0 saturated carbocycles. The van der Waals surface area contributed by atoms with Crippen LogP contribution in [-0.4, -0.2) is 49.8 Å². The van der Waals surface area contributed by atoms with Gasteiger partial charge in [0, 0.05) is 25.6 Å². The molecule has 150 valence electrons. The molecule has 1 unspecified atom stereocenters. The van der Waals surface area contributed by atoms with E-state index in [4.69, 9.17) is 11.6 Å². The lowest BCUT2D eigenvalue weighted by Gasteiger charge is -2.15. The van der Waals surface area contributed by atoms with Gasteiger partial charge in [-0.1, -0.05) is 54.1 Å². The number of nitrogens with one attached hydrogen (secondary N) is 3. The summed E-state index contributed by atoms with van der Waals surface area (Å²) in [6.07, 6.45) is 0. The lowest BCUT2D eigenvalue weighted by molar-refractivity contribution is 0.0954. The normalized spacial score (nSPS) is 12.3. The number of aliphatic hydroxyl groups is 1. The van der Waals surface area contributed by atoms with Gasteiger partial charge in [0.2, 0.25) is 0 Å². The maximum Gasteiger partial charge on any atom is 0.252 e. The van der Waals surface area contributed by atoms with Crippen molar-refractivity contribution < 1.29 is 9.90 Å². The summed E-state index contributed by atoms with van der Waals surface area (Å²) in [6.45, 7) is 4.13. The highest BCUT2D eigenvalue weighted by atomic mass is 35.5. The second-order valence-corrected chi connectivity index (χ2v) is 6.58. The summed E-state index contributed by atoms with van der Waals surface area (Å²) in [6, 6.07) is 16.8. The van der Waals surface area contributed by atoms with Gasteiger partial charge in [0.05, 0.1) is 23.7 Å². The number of guanidine groups is 1. The Morgan fingerprint density at radius 1 is 1.04 bits per heavy atom. The zero-order valence-electron chi connectivity index (χ0n) is 16.0. The first-order valence-corrected chi connectivity index (χ1v) is 9.74. The molecule has 0 saturated heterocycles. The summed E-state index contributed by atoms with van der Waals surface area (Å²) < 4.78 is 0. The fraction of sp³-hybridized carbons (Fsp3) is 0.333. The third-order valence-electron chi connectivity index (χ3n) is 4.13. The second kappa shape index (κ2) is 12.0. The van der Waals surface area contributed by atoms with Gasteiger partial charge in [0.25, 0.3) is 5.91 Å². The van der Waals surface area contributed by atoms with Crippen LogP contribution in [0, 0.1) is 0 Å². The number of nitrogens with zero attached hydrogens (tertiary/aromatic N) is 1. The van der Waals surface area contributed by atoms with Crippen LogP contribution < -0.4 is 16.0 Å². The van der Waals surface area contributed by atoms with Gasteiger partial charge in [-0.25, -0.2) is 0 Å². The van der Waals surface area contributed by atoms with E-state index in [-0.39, 0.29) is 18.4 Å². The molecule has 7 heteroatoms. The average Bonchev–Trinajstić information content (AvgIpc) is 2.72. The van der Waals surface area contributed by atoms with E-state index in [1.54, 1.807) is 24.3 Å². The van der Waals surface area contributed by atoms with Crippen molar-refractivity contribution in [2.45, 2.75) is 12.8 Å². The molecule has 0 heterocycles. The highest BCUT2D eigenvalue weighted by molar-refractivity contribution is 6.33. The number of halogens is 1. The van der Waals surface area contributed by atoms with Crippen molar-refractivity contribution in [2.24, 2.45) is 4.99 Å². The van der Waals surface area contributed by atoms with Crippen LogP contribution in [0.4, 0.5) is 0 Å². The van der Waals surface area contributed by atoms with Crippen LogP contribution in [0.5, 0.6) is 0 Å². The molecule has 0 spiro atoms. The Kier molecular flexibility index (Phi) is 9.31. The van der Waals surface area contributed by atoms with Crippen molar-refractivity contribution in [3.8, 4) is 0 Å². The van der Waals surface area contributed by atoms with Crippen molar-refractivity contribution in [3.63, 3.8) is 0 Å². The molecular weight excluding hydrogens is 376 g/mol. The molecule has 1 atom stereocenters. The van der Waals surface area contributed by atoms with E-state index in [2.05, 4.69) is 20.9 Å². The van der Waals surface area contributed by atoms with Gasteiger partial charge in [0.15, 0.2) is 5.96 Å². The Balaban J connectivity index is 1.84. The monoisotopic (exact) mass is 402 g/mol. The van der Waals surface area contributed by atoms with E-state index in [0.717, 1.165) is 5.56 Å². The van der Waals surface area contributed by atoms with Crippen LogP contribution in [0.2, 0.25) is 5.02 Å². The van der Waals surface area contributed by atoms with Crippen molar-refractivity contribution in [3.05, 3.63) is 70.7 Å². The van der Waals surface area contributed by atoms with Crippen molar-refractivity contribution in [1.82, 2.24) is 16.0 Å². The van der Waals surface area contributed by atoms with Crippen LogP contribution in [-0.2, 0) is 0 Å². The molecule has 2 aromatic rings. The maximum atomic E-state index is 12.1. The van der Waals surface area contributed by atoms with Crippen molar-refractivity contribution in [1.29, 1.82) is 0 Å². The molecule has 0 aromatic heterocycles. The number of benzene rings is 2. The first-order valence-electron chi connectivity index (χ1n) is 9.36. The fourth-order valence-electron chi connectivity index (χ4n) is 2.63. The second-order valence-electron chi connectivity index (χ2n) is 6.17. The molecule has 2 rings (SSSR count). The zero-order chi connectivity index (χ0) is 20.2. The standard InChI is InChI=1S/C21H27ClN4O2/c1-2-23-21(26-14-17(15-27)16-8-4-3-5-9-16)25-13-12-24-20(28)18-10-6-7-11-19(18)22/h3-11,17,27H,2,12-15H2,1H3,(H,24,28)(H2,23,25,26). The maximum absolute atomic E-state index is 12.1. The van der Waals surface area contributed by atoms with Crippen molar-refractivity contribution in [2.75, 3.05) is 32.8 Å². The highest BCUT2D eigenvalue weighted by Gasteiger charge is 2.11. The molecular formula is C21H27ClN4O2. The summed E-state index contributed by atoms with van der Waals surface area (Å²) in [4.78, 5) is 16.7. The van der Waals surface area contributed by atoms with Crippen LogP contribution in [0.3, 0.4) is 0 Å². The molecule has 0 fully saturated rings. The molecule has 4 N–H and O–H groups in total. The number of amides is 1. The van der Waals surface area contributed by atoms with Crippen LogP contribution >= 0.6 is 11.6 Å². The Morgan fingerprint density at radius 2 is 1.71 bits per heavy atom. The molecule has 0 radical (unpaired) electrons. The average molecular weight is 403 g/mol. The molecule has 0 aliphatic rings. The molecule has 0 aliphatic heterocycles. The predicted octanol–water partition coefficient (Wildman–Crippen LogP) is 2.40. The number of hydrogen-bond donors (Lipinski definition) is 4. The van der Waals surface area contributed by atoms with Crippen molar-refractivity contribution >= 4 is 23.5 Å². The first-order chi connectivity index (χ1) is 13.7. The molecule has 0 bridgehead atoms. The van der Waals surface area contributed by atoms with E-state index >= 15 is 0 Å². The van der Waals surface area contributed by atoms with Gasteiger partial charge in [-0.15, -0.1) is 0 Å². The third-order valence-corrected chi connectivity index (χ3v) is 4.46. The Morgan fingerprint density at radius 3 is 2.39 bits per heavy atom. The molecule has 1 amide bonds. The quantitative estimate of drug-likeness (QED) is 0.295. The summed E-state index contributed by atoms with van der Waals surface area (Å²) in [5.74, 6) is 0.374. The molecule has 2 aromatic carbocycles. The number of aliphatic hydroxyl groups excluding tert-OH is 1. The van der Waals surface area contributed by atoms with Crippen LogP contribution in [0.1, 0.15) is 28.8 Å². The number of carbonyl (C=O) groups excluding carboxylic acids is 1. The number of rotatable bonds is 9. The van der Waals surface area contributed by atoms with Gasteiger partial charge < -0.3 is 21.1 Å². The highest BCUT2D eigenvalue weighted by Crippen LogP contribution is 2.15. The minimum atomic E-state index is -0.209. The Bertz CT molecular complexity index is 768. The number of aliphatic imine (C=N–C) groups is 1. The summed E-state index contributed by atoms with van der Waals surface area (Å²) in [5.41, 5.74) is 1.51. The molecule has 28 heavy (non-hydrogen) atoms. The summed E-state index contributed by atoms with van der Waals surface area (Å²) in [7, 11) is 0. The summed E-state index contributed by atoms with van der Waals surface area (Å²) in [5, 5.41) is 19.3. The van der Waals surface area contributed by atoms with Gasteiger partial charge in [-0.2, -0.15) is 0 Å². The lowest BCUT2D eigenvalue weighted by Crippen LogP contribution is -2.41. The molecule has 0 aliphatic carbocycles. The predicted molar refractivity (Wildman–Crippen MR) is 114 cm³/mol. The minimum Gasteiger partial charge on any atom is -0.396 e. The topological polar surface area (TPSA) is 85.8 Å². The van der Waals surface area contributed by atoms with Crippen LogP contribution in [0.15, 0.2) is 59.6 Å². The smallest absolute Gasteiger partial charge is 0.252 e. The number of hydrogen-bond acceptors (Lipinski definition) is 3. The van der Waals surface area contributed by atoms with Gasteiger partial charge in [-0.3, -0.25) is 9.79 Å². The third kappa shape index (κ3) is 6.87. The van der Waals surface area contributed by atoms with E-state index in [1.165, 1.54) is 0 Å². The SMILES string of the molecule is CCNC(=NCC(CO)c1ccccc1)NCCNC(=O)c1ccccc1Cl. The lowest BCUT2D eigenvalue weighted by atomic mass is 10.0. The van der Waals surface area contributed by atoms with Crippen LogP contribution in [0.25, 0.3) is 0 Å². The summed E-state index contributed by atoms with van der Waals surface area (Å²) >= 11 is 6.03. The first kappa shape index (κ1) is 21.7. The Labute approximate surface area is 171 Å². The minimum absolute atomic E-state index is 0.0286. The van der Waals surface area contributed by atoms with E-state index < -0.39 is 0 Å². The van der Waals surface area contributed by atoms with Gasteiger partial charge in [0.1, 0.15) is 0 Å². The van der Waals surface area contributed by atoms with E-state index in [0.29, 0.717) is 42.7 Å². The van der Waals surface area contributed by atoms with Gasteiger partial charge in [-0.05, 0) is 24.6 Å². The number of carbonyl (C=O) groups is 1. The van der Waals surface area contributed by atoms with Gasteiger partial charge >= 0.3 is 0 Å². The van der Waals surface area contributed by atoms with E-state index in [9.17, 15) is 9.90 Å². The Hall–Kier alpha value is -2.57. The molecule has 6 nitrogen and oxygen atoms in total.